The summed E-state index contributed by atoms with van der Waals surface area (Å²) >= 11 is 7.13. The van der Waals surface area contributed by atoms with Gasteiger partial charge in [-0.25, -0.2) is 4.98 Å². The molecule has 0 N–H and O–H groups in total. The van der Waals surface area contributed by atoms with Crippen molar-refractivity contribution in [1.82, 2.24) is 4.98 Å². The van der Waals surface area contributed by atoms with E-state index in [0.717, 1.165) is 31.1 Å². The van der Waals surface area contributed by atoms with Crippen LogP contribution in [0.25, 0.3) is 0 Å². The van der Waals surface area contributed by atoms with Gasteiger partial charge in [-0.15, -0.1) is 0 Å². The number of nitrogens with zero attached hydrogens (tertiary/aromatic N) is 3. The number of ketones is 1. The number of rotatable bonds is 4. The molecule has 0 bridgehead atoms. The van der Waals surface area contributed by atoms with Gasteiger partial charge in [-0.05, 0) is 31.9 Å². The third-order valence-corrected chi connectivity index (χ3v) is 5.31. The third-order valence-electron chi connectivity index (χ3n) is 3.77. The highest BCUT2D eigenvalue weighted by molar-refractivity contribution is 7.17. The minimum absolute atomic E-state index is 0.0188. The van der Waals surface area contributed by atoms with E-state index in [1.54, 1.807) is 6.92 Å². The van der Waals surface area contributed by atoms with Crippen molar-refractivity contribution in [3.8, 4) is 0 Å². The normalized spacial score (nSPS) is 14.3. The van der Waals surface area contributed by atoms with Gasteiger partial charge in [-0.2, -0.15) is 0 Å². The van der Waals surface area contributed by atoms with Crippen molar-refractivity contribution in [3.05, 3.63) is 49.5 Å². The van der Waals surface area contributed by atoms with E-state index in [0.29, 0.717) is 10.6 Å². The number of anilines is 1. The summed E-state index contributed by atoms with van der Waals surface area (Å²) in [6, 6.07) is 4.11. The highest BCUT2D eigenvalue weighted by Gasteiger charge is 2.23. The Hall–Kier alpha value is -1.99. The molecule has 1 aliphatic heterocycles. The van der Waals surface area contributed by atoms with Crippen LogP contribution in [0, 0.1) is 17.0 Å². The molecule has 6 nitrogen and oxygen atoms in total. The monoisotopic (exact) mass is 351 g/mol. The Balaban J connectivity index is 1.94. The number of aryl methyl sites for hydroxylation is 1. The van der Waals surface area contributed by atoms with E-state index < -0.39 is 4.92 Å². The van der Waals surface area contributed by atoms with Gasteiger partial charge in [0, 0.05) is 24.7 Å². The Morgan fingerprint density at radius 2 is 2.09 bits per heavy atom. The number of carbonyl (C=O) groups is 1. The number of nitro benzene ring substituents is 1. The van der Waals surface area contributed by atoms with Crippen molar-refractivity contribution < 1.29 is 9.72 Å². The van der Waals surface area contributed by atoms with Crippen LogP contribution in [-0.2, 0) is 0 Å². The van der Waals surface area contributed by atoms with Crippen LogP contribution in [0.5, 0.6) is 0 Å². The number of thiazole rings is 1. The lowest BCUT2D eigenvalue weighted by atomic mass is 10.1. The van der Waals surface area contributed by atoms with Crippen molar-refractivity contribution >= 4 is 39.5 Å². The Bertz CT molecular complexity index is 784. The predicted octanol–water partition coefficient (Wildman–Crippen LogP) is 3.84. The van der Waals surface area contributed by atoms with Gasteiger partial charge in [0.2, 0.25) is 5.78 Å². The Labute approximate surface area is 141 Å². The molecule has 0 unspecified atom stereocenters. The lowest BCUT2D eigenvalue weighted by Gasteiger charge is -2.12. The van der Waals surface area contributed by atoms with E-state index in [-0.39, 0.29) is 22.1 Å². The van der Waals surface area contributed by atoms with Crippen LogP contribution in [0.4, 0.5) is 10.8 Å². The van der Waals surface area contributed by atoms with E-state index in [1.807, 2.05) is 0 Å². The maximum absolute atomic E-state index is 12.7. The number of hydrogen-bond acceptors (Lipinski definition) is 6. The number of halogens is 1. The van der Waals surface area contributed by atoms with Crippen molar-refractivity contribution in [2.45, 2.75) is 19.8 Å². The summed E-state index contributed by atoms with van der Waals surface area (Å²) in [4.78, 5) is 30.2. The second-order valence-electron chi connectivity index (χ2n) is 5.36. The second-order valence-corrected chi connectivity index (χ2v) is 6.74. The molecular formula is C15H14ClN3O3S. The van der Waals surface area contributed by atoms with Gasteiger partial charge < -0.3 is 4.90 Å². The molecule has 0 amide bonds. The lowest BCUT2D eigenvalue weighted by Crippen LogP contribution is -2.17. The van der Waals surface area contributed by atoms with Gasteiger partial charge in [0.1, 0.15) is 5.02 Å². The molecule has 0 aliphatic carbocycles. The van der Waals surface area contributed by atoms with Crippen LogP contribution < -0.4 is 4.90 Å². The fourth-order valence-electron chi connectivity index (χ4n) is 2.56. The molecule has 1 aromatic heterocycles. The number of benzene rings is 1. The second kappa shape index (κ2) is 6.25. The number of aromatic nitrogens is 1. The summed E-state index contributed by atoms with van der Waals surface area (Å²) in [6.07, 6.45) is 2.26. The van der Waals surface area contributed by atoms with Crippen molar-refractivity contribution in [3.63, 3.8) is 0 Å². The first kappa shape index (κ1) is 15.9. The highest BCUT2D eigenvalue weighted by Crippen LogP contribution is 2.32. The van der Waals surface area contributed by atoms with E-state index in [9.17, 15) is 14.9 Å². The van der Waals surface area contributed by atoms with E-state index >= 15 is 0 Å². The molecule has 120 valence electrons. The summed E-state index contributed by atoms with van der Waals surface area (Å²) in [5.41, 5.74) is 0.639. The molecule has 1 aliphatic rings. The first-order chi connectivity index (χ1) is 11.0. The molecule has 23 heavy (non-hydrogen) atoms. The predicted molar refractivity (Wildman–Crippen MR) is 89.8 cm³/mol. The zero-order valence-corrected chi connectivity index (χ0v) is 14.0. The molecule has 2 heterocycles. The lowest BCUT2D eigenvalue weighted by molar-refractivity contribution is -0.384. The van der Waals surface area contributed by atoms with Crippen LogP contribution >= 0.6 is 22.9 Å². The topological polar surface area (TPSA) is 76.3 Å². The number of nitro groups is 1. The maximum atomic E-state index is 12.7. The summed E-state index contributed by atoms with van der Waals surface area (Å²) in [7, 11) is 0. The third kappa shape index (κ3) is 3.07. The van der Waals surface area contributed by atoms with Gasteiger partial charge in [-0.1, -0.05) is 22.9 Å². The van der Waals surface area contributed by atoms with Crippen molar-refractivity contribution in [2.75, 3.05) is 18.0 Å². The quantitative estimate of drug-likeness (QED) is 0.475. The highest BCUT2D eigenvalue weighted by atomic mass is 35.5. The molecule has 0 radical (unpaired) electrons. The van der Waals surface area contributed by atoms with E-state index in [4.69, 9.17) is 11.6 Å². The molecule has 1 aromatic carbocycles. The molecule has 0 saturated carbocycles. The van der Waals surface area contributed by atoms with Crippen molar-refractivity contribution in [1.29, 1.82) is 0 Å². The molecule has 2 aromatic rings. The molecular weight excluding hydrogens is 338 g/mol. The Morgan fingerprint density at radius 1 is 1.39 bits per heavy atom. The van der Waals surface area contributed by atoms with Crippen LogP contribution in [0.2, 0.25) is 5.02 Å². The molecule has 3 rings (SSSR count). The summed E-state index contributed by atoms with van der Waals surface area (Å²) in [5.74, 6) is -0.259. The number of carbonyl (C=O) groups excluding carboxylic acids is 1. The molecule has 0 spiro atoms. The molecule has 0 atom stereocenters. The molecule has 1 fully saturated rings. The van der Waals surface area contributed by atoms with Gasteiger partial charge in [0.15, 0.2) is 5.13 Å². The molecule has 8 heteroatoms. The maximum Gasteiger partial charge on any atom is 0.288 e. The molecule has 1 saturated heterocycles. The van der Waals surface area contributed by atoms with Crippen molar-refractivity contribution in [2.24, 2.45) is 0 Å². The zero-order chi connectivity index (χ0) is 16.6. The Kier molecular flexibility index (Phi) is 4.32. The number of hydrogen-bond donors (Lipinski definition) is 0. The first-order valence-corrected chi connectivity index (χ1v) is 8.38. The summed E-state index contributed by atoms with van der Waals surface area (Å²) in [5, 5.41) is 11.8. The van der Waals surface area contributed by atoms with Gasteiger partial charge >= 0.3 is 0 Å². The average Bonchev–Trinajstić information content (AvgIpc) is 3.16. The van der Waals surface area contributed by atoms with Crippen LogP contribution in [0.15, 0.2) is 18.2 Å². The fraction of sp³-hybridized carbons (Fsp3) is 0.333. The van der Waals surface area contributed by atoms with Crippen LogP contribution in [0.3, 0.4) is 0 Å². The van der Waals surface area contributed by atoms with Crippen LogP contribution in [0.1, 0.15) is 33.8 Å². The minimum Gasteiger partial charge on any atom is -0.348 e. The minimum atomic E-state index is -0.589. The smallest absolute Gasteiger partial charge is 0.288 e. The van der Waals surface area contributed by atoms with Crippen LogP contribution in [-0.4, -0.2) is 28.8 Å². The first-order valence-electron chi connectivity index (χ1n) is 7.18. The van der Waals surface area contributed by atoms with E-state index in [2.05, 4.69) is 9.88 Å². The van der Waals surface area contributed by atoms with E-state index in [1.165, 1.54) is 29.5 Å². The zero-order valence-electron chi connectivity index (χ0n) is 12.4. The SMILES string of the molecule is Cc1nc(N2CCCC2)sc1C(=O)c1ccc(Cl)c([N+](=O)[O-])c1. The largest absolute Gasteiger partial charge is 0.348 e. The van der Waals surface area contributed by atoms with Gasteiger partial charge in [-0.3, -0.25) is 14.9 Å². The van der Waals surface area contributed by atoms with Gasteiger partial charge in [0.25, 0.3) is 5.69 Å². The summed E-state index contributed by atoms with van der Waals surface area (Å²) in [6.45, 7) is 3.69. The van der Waals surface area contributed by atoms with Gasteiger partial charge in [0.05, 0.1) is 15.5 Å². The Morgan fingerprint density at radius 3 is 2.74 bits per heavy atom. The average molecular weight is 352 g/mol. The fourth-order valence-corrected chi connectivity index (χ4v) is 3.83. The summed E-state index contributed by atoms with van der Waals surface area (Å²) < 4.78 is 0. The standard InChI is InChI=1S/C15H14ClN3O3S/c1-9-14(23-15(17-9)18-6-2-3-7-18)13(20)10-4-5-11(16)12(8-10)19(21)22/h4-5,8H,2-3,6-7H2,1H3.